The number of amides is 1. The molecular formula is C11H20N2O3. The number of carbonyl (C=O) groups excluding carboxylic acids is 1. The van der Waals surface area contributed by atoms with Crippen molar-refractivity contribution in [3.8, 4) is 0 Å². The van der Waals surface area contributed by atoms with Gasteiger partial charge in [-0.05, 0) is 12.8 Å². The largest absolute Gasteiger partial charge is 0.395 e. The molecule has 0 aromatic heterocycles. The third kappa shape index (κ3) is 3.17. The lowest BCUT2D eigenvalue weighted by atomic mass is 10.2. The summed E-state index contributed by atoms with van der Waals surface area (Å²) in [7, 11) is 0. The highest BCUT2D eigenvalue weighted by Crippen LogP contribution is 2.27. The van der Waals surface area contributed by atoms with Crippen LogP contribution in [0, 0.1) is 0 Å². The van der Waals surface area contributed by atoms with E-state index in [0.29, 0.717) is 25.6 Å². The molecule has 0 aromatic carbocycles. The molecule has 1 amide bonds. The van der Waals surface area contributed by atoms with Gasteiger partial charge in [0, 0.05) is 25.7 Å². The van der Waals surface area contributed by atoms with Gasteiger partial charge >= 0.3 is 0 Å². The first kappa shape index (κ1) is 11.8. The molecule has 5 heteroatoms. The molecule has 1 atom stereocenters. The van der Waals surface area contributed by atoms with Crippen molar-refractivity contribution in [3.05, 3.63) is 0 Å². The van der Waals surface area contributed by atoms with Gasteiger partial charge in [0.25, 0.3) is 0 Å². The zero-order valence-electron chi connectivity index (χ0n) is 9.52. The summed E-state index contributed by atoms with van der Waals surface area (Å²) in [5.41, 5.74) is 0. The molecule has 1 saturated heterocycles. The molecular weight excluding hydrogens is 208 g/mol. The van der Waals surface area contributed by atoms with Gasteiger partial charge < -0.3 is 20.1 Å². The van der Waals surface area contributed by atoms with Crippen LogP contribution in [0.1, 0.15) is 19.3 Å². The minimum absolute atomic E-state index is 0.00110. The predicted molar refractivity (Wildman–Crippen MR) is 59.0 cm³/mol. The summed E-state index contributed by atoms with van der Waals surface area (Å²) in [5.74, 6) is 0.116. The standard InChI is InChI=1S/C11H20N2O3/c14-5-4-13(9-1-2-9)11(15)7-10-8-12-3-6-16-10/h9-10,12,14H,1-8H2. The van der Waals surface area contributed by atoms with E-state index < -0.39 is 0 Å². The van der Waals surface area contributed by atoms with Gasteiger partial charge in [0.2, 0.25) is 5.91 Å². The van der Waals surface area contributed by atoms with Crippen molar-refractivity contribution in [2.45, 2.75) is 31.4 Å². The van der Waals surface area contributed by atoms with Crippen LogP contribution in [0.2, 0.25) is 0 Å². The van der Waals surface area contributed by atoms with Crippen molar-refractivity contribution >= 4 is 5.91 Å². The lowest BCUT2D eigenvalue weighted by Gasteiger charge is -2.27. The number of aliphatic hydroxyl groups excluding tert-OH is 1. The van der Waals surface area contributed by atoms with Gasteiger partial charge in [-0.15, -0.1) is 0 Å². The Labute approximate surface area is 95.8 Å². The van der Waals surface area contributed by atoms with Gasteiger partial charge in [0.15, 0.2) is 0 Å². The second-order valence-corrected chi connectivity index (χ2v) is 4.44. The molecule has 2 rings (SSSR count). The fourth-order valence-corrected chi connectivity index (χ4v) is 2.07. The minimum atomic E-state index is 0.00110. The third-order valence-corrected chi connectivity index (χ3v) is 3.06. The van der Waals surface area contributed by atoms with E-state index in [1.807, 2.05) is 0 Å². The number of hydrogen-bond acceptors (Lipinski definition) is 4. The van der Waals surface area contributed by atoms with E-state index in [2.05, 4.69) is 5.32 Å². The Kier molecular flexibility index (Phi) is 4.15. The molecule has 16 heavy (non-hydrogen) atoms. The second kappa shape index (κ2) is 5.61. The van der Waals surface area contributed by atoms with Gasteiger partial charge in [0.05, 0.1) is 25.7 Å². The summed E-state index contributed by atoms with van der Waals surface area (Å²) in [6.45, 7) is 2.81. The molecule has 5 nitrogen and oxygen atoms in total. The molecule has 1 heterocycles. The fourth-order valence-electron chi connectivity index (χ4n) is 2.07. The highest BCUT2D eigenvalue weighted by molar-refractivity contribution is 5.77. The molecule has 0 aromatic rings. The summed E-state index contributed by atoms with van der Waals surface area (Å²) < 4.78 is 5.50. The minimum Gasteiger partial charge on any atom is -0.395 e. The van der Waals surface area contributed by atoms with Gasteiger partial charge in [0.1, 0.15) is 0 Å². The smallest absolute Gasteiger partial charge is 0.225 e. The third-order valence-electron chi connectivity index (χ3n) is 3.06. The first-order valence-corrected chi connectivity index (χ1v) is 6.04. The maximum absolute atomic E-state index is 12.0. The zero-order valence-corrected chi connectivity index (χ0v) is 9.52. The Morgan fingerprint density at radius 2 is 2.31 bits per heavy atom. The van der Waals surface area contributed by atoms with Crippen molar-refractivity contribution in [3.63, 3.8) is 0 Å². The van der Waals surface area contributed by atoms with E-state index >= 15 is 0 Å². The van der Waals surface area contributed by atoms with Crippen molar-refractivity contribution in [2.24, 2.45) is 0 Å². The maximum atomic E-state index is 12.0. The highest BCUT2D eigenvalue weighted by Gasteiger charge is 2.33. The maximum Gasteiger partial charge on any atom is 0.225 e. The molecule has 2 fully saturated rings. The number of ether oxygens (including phenoxy) is 1. The SMILES string of the molecule is O=C(CC1CNCCO1)N(CCO)C1CC1. The summed E-state index contributed by atoms with van der Waals surface area (Å²) in [5, 5.41) is 12.1. The van der Waals surface area contributed by atoms with E-state index in [0.717, 1.165) is 25.9 Å². The van der Waals surface area contributed by atoms with Gasteiger partial charge in [-0.25, -0.2) is 0 Å². The van der Waals surface area contributed by atoms with E-state index in [1.54, 1.807) is 4.90 Å². The first-order chi connectivity index (χ1) is 7.81. The first-order valence-electron chi connectivity index (χ1n) is 6.04. The topological polar surface area (TPSA) is 61.8 Å². The molecule has 0 bridgehead atoms. The van der Waals surface area contributed by atoms with E-state index in [1.165, 1.54) is 0 Å². The summed E-state index contributed by atoms with van der Waals surface area (Å²) in [6.07, 6.45) is 2.59. The second-order valence-electron chi connectivity index (χ2n) is 4.44. The Morgan fingerprint density at radius 3 is 2.88 bits per heavy atom. The van der Waals surface area contributed by atoms with Crippen LogP contribution in [-0.2, 0) is 9.53 Å². The molecule has 2 aliphatic rings. The molecule has 2 N–H and O–H groups in total. The van der Waals surface area contributed by atoms with E-state index in [4.69, 9.17) is 9.84 Å². The number of nitrogens with one attached hydrogen (secondary N) is 1. The van der Waals surface area contributed by atoms with E-state index in [9.17, 15) is 4.79 Å². The number of nitrogens with zero attached hydrogens (tertiary/aromatic N) is 1. The molecule has 1 unspecified atom stereocenters. The van der Waals surface area contributed by atoms with Gasteiger partial charge in [-0.3, -0.25) is 4.79 Å². The predicted octanol–water partition coefficient (Wildman–Crippen LogP) is -0.652. The van der Waals surface area contributed by atoms with Crippen LogP contribution in [0.15, 0.2) is 0 Å². The normalized spacial score (nSPS) is 25.4. The van der Waals surface area contributed by atoms with Crippen LogP contribution in [0.25, 0.3) is 0 Å². The lowest BCUT2D eigenvalue weighted by molar-refractivity contribution is -0.135. The zero-order chi connectivity index (χ0) is 11.4. The highest BCUT2D eigenvalue weighted by atomic mass is 16.5. The van der Waals surface area contributed by atoms with Crippen molar-refractivity contribution in [1.82, 2.24) is 10.2 Å². The summed E-state index contributed by atoms with van der Waals surface area (Å²) in [4.78, 5) is 13.8. The molecule has 1 saturated carbocycles. The average Bonchev–Trinajstić information content (AvgIpc) is 3.11. The number of rotatable bonds is 5. The summed E-state index contributed by atoms with van der Waals surface area (Å²) in [6, 6.07) is 0.371. The average molecular weight is 228 g/mol. The van der Waals surface area contributed by atoms with Crippen molar-refractivity contribution < 1.29 is 14.6 Å². The van der Waals surface area contributed by atoms with Crippen LogP contribution in [0.3, 0.4) is 0 Å². The Morgan fingerprint density at radius 1 is 1.50 bits per heavy atom. The van der Waals surface area contributed by atoms with Crippen LogP contribution >= 0.6 is 0 Å². The van der Waals surface area contributed by atoms with Crippen LogP contribution in [0.5, 0.6) is 0 Å². The lowest BCUT2D eigenvalue weighted by Crippen LogP contribution is -2.43. The van der Waals surface area contributed by atoms with Crippen LogP contribution < -0.4 is 5.32 Å². The Hall–Kier alpha value is -0.650. The van der Waals surface area contributed by atoms with E-state index in [-0.39, 0.29) is 18.6 Å². The summed E-state index contributed by atoms with van der Waals surface area (Å²) >= 11 is 0. The van der Waals surface area contributed by atoms with Gasteiger partial charge in [-0.2, -0.15) is 0 Å². The monoisotopic (exact) mass is 228 g/mol. The molecule has 92 valence electrons. The van der Waals surface area contributed by atoms with Crippen LogP contribution in [0.4, 0.5) is 0 Å². The van der Waals surface area contributed by atoms with Gasteiger partial charge in [-0.1, -0.05) is 0 Å². The molecule has 0 radical (unpaired) electrons. The fraction of sp³-hybridized carbons (Fsp3) is 0.909. The molecule has 1 aliphatic carbocycles. The Balaban J connectivity index is 1.79. The number of hydrogen-bond donors (Lipinski definition) is 2. The van der Waals surface area contributed by atoms with Crippen molar-refractivity contribution in [2.75, 3.05) is 32.8 Å². The quantitative estimate of drug-likeness (QED) is 0.656. The number of carbonyl (C=O) groups is 1. The number of morpholine rings is 1. The van der Waals surface area contributed by atoms with Crippen molar-refractivity contribution in [1.29, 1.82) is 0 Å². The van der Waals surface area contributed by atoms with Crippen LogP contribution in [-0.4, -0.2) is 60.9 Å². The molecule has 1 aliphatic heterocycles. The number of aliphatic hydroxyl groups is 1. The molecule has 0 spiro atoms. The Bertz CT molecular complexity index is 237.